The molecule has 1 atom stereocenters. The number of nitrogens with zero attached hydrogens (tertiary/aromatic N) is 1. The van der Waals surface area contributed by atoms with Crippen LogP contribution in [0.1, 0.15) is 18.1 Å². The lowest BCUT2D eigenvalue weighted by atomic mass is 10.2. The molecule has 0 saturated heterocycles. The molecular weight excluding hydrogens is 292 g/mol. The first kappa shape index (κ1) is 16.4. The molecule has 23 heavy (non-hydrogen) atoms. The second-order valence-electron chi connectivity index (χ2n) is 5.09. The summed E-state index contributed by atoms with van der Waals surface area (Å²) in [5.74, 6) is 0.567. The zero-order valence-electron chi connectivity index (χ0n) is 13.3. The minimum Gasteiger partial charge on any atom is -0.493 e. The first-order chi connectivity index (χ1) is 11.0. The number of nitriles is 1. The van der Waals surface area contributed by atoms with Crippen molar-refractivity contribution in [3.63, 3.8) is 0 Å². The summed E-state index contributed by atoms with van der Waals surface area (Å²) in [4.78, 5) is 12.2. The molecule has 0 unspecified atom stereocenters. The molecule has 0 heterocycles. The summed E-state index contributed by atoms with van der Waals surface area (Å²) in [5, 5.41) is 11.7. The summed E-state index contributed by atoms with van der Waals surface area (Å²) in [7, 11) is 1.49. The molecule has 0 aliphatic heterocycles. The molecule has 118 valence electrons. The van der Waals surface area contributed by atoms with Gasteiger partial charge in [0, 0.05) is 11.8 Å². The molecule has 5 heteroatoms. The first-order valence-corrected chi connectivity index (χ1v) is 7.16. The molecule has 0 aromatic heterocycles. The van der Waals surface area contributed by atoms with Crippen molar-refractivity contribution < 1.29 is 14.3 Å². The Hall–Kier alpha value is -3.00. The third-order valence-electron chi connectivity index (χ3n) is 3.28. The van der Waals surface area contributed by atoms with Gasteiger partial charge in [-0.2, -0.15) is 5.26 Å². The third kappa shape index (κ3) is 4.24. The predicted octanol–water partition coefficient (Wildman–Crippen LogP) is 3.28. The van der Waals surface area contributed by atoms with Crippen LogP contribution in [0.3, 0.4) is 0 Å². The van der Waals surface area contributed by atoms with Crippen molar-refractivity contribution >= 4 is 11.6 Å². The summed E-state index contributed by atoms with van der Waals surface area (Å²) >= 11 is 0. The lowest BCUT2D eigenvalue weighted by Crippen LogP contribution is -2.30. The van der Waals surface area contributed by atoms with E-state index in [4.69, 9.17) is 14.7 Å². The summed E-state index contributed by atoms with van der Waals surface area (Å²) < 4.78 is 10.8. The molecule has 0 aliphatic carbocycles. The van der Waals surface area contributed by atoms with Crippen molar-refractivity contribution in [2.45, 2.75) is 20.0 Å². The fourth-order valence-electron chi connectivity index (χ4n) is 1.96. The van der Waals surface area contributed by atoms with Gasteiger partial charge in [-0.25, -0.2) is 0 Å². The van der Waals surface area contributed by atoms with Gasteiger partial charge in [0.15, 0.2) is 17.6 Å². The second-order valence-corrected chi connectivity index (χ2v) is 5.09. The van der Waals surface area contributed by atoms with Gasteiger partial charge in [-0.05, 0) is 38.1 Å². The number of amides is 1. The number of methoxy groups -OCH3 is 1. The topological polar surface area (TPSA) is 71.3 Å². The van der Waals surface area contributed by atoms with Gasteiger partial charge in [-0.3, -0.25) is 4.79 Å². The minimum absolute atomic E-state index is 0.264. The van der Waals surface area contributed by atoms with Gasteiger partial charge < -0.3 is 14.8 Å². The molecular formula is C18H18N2O3. The van der Waals surface area contributed by atoms with Gasteiger partial charge in [0.25, 0.3) is 5.91 Å². The summed E-state index contributed by atoms with van der Waals surface area (Å²) in [5.41, 5.74) is 2.29. The number of hydrogen-bond acceptors (Lipinski definition) is 4. The maximum absolute atomic E-state index is 12.2. The van der Waals surface area contributed by atoms with Crippen LogP contribution in [0.15, 0.2) is 42.5 Å². The van der Waals surface area contributed by atoms with Gasteiger partial charge in [0.05, 0.1) is 18.7 Å². The van der Waals surface area contributed by atoms with Crippen molar-refractivity contribution in [1.29, 1.82) is 5.26 Å². The van der Waals surface area contributed by atoms with Crippen LogP contribution in [0.2, 0.25) is 0 Å². The standard InChI is InChI=1S/C18H18N2O3/c1-12-4-7-15(8-5-12)20-18(21)13(2)23-16-9-6-14(11-19)10-17(16)22-3/h4-10,13H,1-3H3,(H,20,21)/t13-/m1/s1. The van der Waals surface area contributed by atoms with Gasteiger partial charge >= 0.3 is 0 Å². The van der Waals surface area contributed by atoms with E-state index in [2.05, 4.69) is 5.32 Å². The van der Waals surface area contributed by atoms with Crippen molar-refractivity contribution in [1.82, 2.24) is 0 Å². The summed E-state index contributed by atoms with van der Waals surface area (Å²) in [6, 6.07) is 14.3. The van der Waals surface area contributed by atoms with Crippen LogP contribution in [-0.2, 0) is 4.79 Å². The van der Waals surface area contributed by atoms with E-state index in [-0.39, 0.29) is 5.91 Å². The van der Waals surface area contributed by atoms with Gasteiger partial charge in [-0.1, -0.05) is 17.7 Å². The van der Waals surface area contributed by atoms with Gasteiger partial charge in [-0.15, -0.1) is 0 Å². The third-order valence-corrected chi connectivity index (χ3v) is 3.28. The number of carbonyl (C=O) groups is 1. The number of rotatable bonds is 5. The highest BCUT2D eigenvalue weighted by Crippen LogP contribution is 2.28. The molecule has 5 nitrogen and oxygen atoms in total. The predicted molar refractivity (Wildman–Crippen MR) is 87.6 cm³/mol. The number of carbonyl (C=O) groups excluding carboxylic acids is 1. The average Bonchev–Trinajstić information content (AvgIpc) is 2.57. The summed E-state index contributed by atoms with van der Waals surface area (Å²) in [6.45, 7) is 3.63. The molecule has 0 spiro atoms. The maximum Gasteiger partial charge on any atom is 0.265 e. The number of benzene rings is 2. The van der Waals surface area contributed by atoms with E-state index in [1.165, 1.54) is 7.11 Å². The maximum atomic E-state index is 12.2. The lowest BCUT2D eigenvalue weighted by molar-refractivity contribution is -0.122. The number of hydrogen-bond donors (Lipinski definition) is 1. The van der Waals surface area contributed by atoms with Crippen molar-refractivity contribution in [2.75, 3.05) is 12.4 Å². The molecule has 0 bridgehead atoms. The molecule has 0 saturated carbocycles. The Kier molecular flexibility index (Phi) is 5.21. The number of nitrogens with one attached hydrogen (secondary N) is 1. The normalized spacial score (nSPS) is 11.2. The highest BCUT2D eigenvalue weighted by atomic mass is 16.5. The van der Waals surface area contributed by atoms with Crippen molar-refractivity contribution in [3.8, 4) is 17.6 Å². The van der Waals surface area contributed by atoms with Crippen LogP contribution in [0.5, 0.6) is 11.5 Å². The highest BCUT2D eigenvalue weighted by molar-refractivity contribution is 5.94. The van der Waals surface area contributed by atoms with Gasteiger partial charge in [0.2, 0.25) is 0 Å². The molecule has 2 aromatic rings. The minimum atomic E-state index is -0.710. The zero-order chi connectivity index (χ0) is 16.8. The lowest BCUT2D eigenvalue weighted by Gasteiger charge is -2.17. The fourth-order valence-corrected chi connectivity index (χ4v) is 1.96. The molecule has 0 aliphatic rings. The molecule has 1 amide bonds. The average molecular weight is 310 g/mol. The Bertz CT molecular complexity index is 733. The van der Waals surface area contributed by atoms with Crippen LogP contribution < -0.4 is 14.8 Å². The van der Waals surface area contributed by atoms with Crippen molar-refractivity contribution in [2.24, 2.45) is 0 Å². The zero-order valence-corrected chi connectivity index (χ0v) is 13.3. The van der Waals surface area contributed by atoms with E-state index in [9.17, 15) is 4.79 Å². The van der Waals surface area contributed by atoms with E-state index >= 15 is 0 Å². The number of anilines is 1. The monoisotopic (exact) mass is 310 g/mol. The van der Waals surface area contributed by atoms with Crippen LogP contribution in [0, 0.1) is 18.3 Å². The highest BCUT2D eigenvalue weighted by Gasteiger charge is 2.17. The van der Waals surface area contributed by atoms with E-state index in [0.717, 1.165) is 5.56 Å². The SMILES string of the molecule is COc1cc(C#N)ccc1O[C@H](C)C(=O)Nc1ccc(C)cc1. The Morgan fingerprint density at radius 2 is 1.87 bits per heavy atom. The van der Waals surface area contributed by atoms with Crippen LogP contribution >= 0.6 is 0 Å². The molecule has 0 fully saturated rings. The molecule has 2 rings (SSSR count). The largest absolute Gasteiger partial charge is 0.493 e. The molecule has 1 N–H and O–H groups in total. The molecule has 2 aromatic carbocycles. The Labute approximate surface area is 135 Å². The van der Waals surface area contributed by atoms with Crippen LogP contribution in [-0.4, -0.2) is 19.1 Å². The van der Waals surface area contributed by atoms with E-state index < -0.39 is 6.10 Å². The number of aryl methyl sites for hydroxylation is 1. The second kappa shape index (κ2) is 7.32. The Balaban J connectivity index is 2.06. The quantitative estimate of drug-likeness (QED) is 0.920. The number of ether oxygens (including phenoxy) is 2. The molecule has 0 radical (unpaired) electrons. The smallest absolute Gasteiger partial charge is 0.265 e. The van der Waals surface area contributed by atoms with E-state index in [1.54, 1.807) is 25.1 Å². The van der Waals surface area contributed by atoms with Gasteiger partial charge in [0.1, 0.15) is 0 Å². The Morgan fingerprint density at radius 1 is 1.17 bits per heavy atom. The Morgan fingerprint density at radius 3 is 2.48 bits per heavy atom. The van der Waals surface area contributed by atoms with Crippen LogP contribution in [0.25, 0.3) is 0 Å². The summed E-state index contributed by atoms with van der Waals surface area (Å²) in [6.07, 6.45) is -0.710. The van der Waals surface area contributed by atoms with E-state index in [1.807, 2.05) is 37.3 Å². The fraction of sp³-hybridized carbons (Fsp3) is 0.222. The first-order valence-electron chi connectivity index (χ1n) is 7.16. The van der Waals surface area contributed by atoms with Crippen LogP contribution in [0.4, 0.5) is 5.69 Å². The van der Waals surface area contributed by atoms with Crippen molar-refractivity contribution in [3.05, 3.63) is 53.6 Å². The van der Waals surface area contributed by atoms with E-state index in [0.29, 0.717) is 22.7 Å².